The highest BCUT2D eigenvalue weighted by molar-refractivity contribution is 9.11. The normalized spacial score (nSPS) is 12.5. The minimum atomic E-state index is -0.762. The van der Waals surface area contributed by atoms with Crippen LogP contribution in [0.3, 0.4) is 0 Å². The molecule has 0 aliphatic carbocycles. The number of aliphatic hydroxyl groups is 1. The van der Waals surface area contributed by atoms with Gasteiger partial charge >= 0.3 is 0 Å². The van der Waals surface area contributed by atoms with Crippen LogP contribution in [0.2, 0.25) is 0 Å². The van der Waals surface area contributed by atoms with E-state index in [1.165, 1.54) is 11.3 Å². The molecule has 0 spiro atoms. The molecule has 1 N–H and O–H groups in total. The van der Waals surface area contributed by atoms with Crippen molar-refractivity contribution in [2.24, 2.45) is 0 Å². The lowest BCUT2D eigenvalue weighted by molar-refractivity contribution is 0.239. The zero-order valence-corrected chi connectivity index (χ0v) is 7.45. The molecule has 0 aliphatic rings. The van der Waals surface area contributed by atoms with E-state index < -0.39 is 6.10 Å². The molecule has 1 heterocycles. The van der Waals surface area contributed by atoms with E-state index >= 15 is 0 Å². The second kappa shape index (κ2) is 3.20. The lowest BCUT2D eigenvalue weighted by Crippen LogP contribution is -1.88. The monoisotopic (exact) mass is 216 g/mol. The van der Waals surface area contributed by atoms with Crippen molar-refractivity contribution in [3.63, 3.8) is 0 Å². The van der Waals surface area contributed by atoms with Gasteiger partial charge in [0.1, 0.15) is 6.10 Å². The SMILES string of the molecule is C#CC(O)c1csc(Br)c1. The molecule has 0 saturated heterocycles. The topological polar surface area (TPSA) is 20.2 Å². The smallest absolute Gasteiger partial charge is 0.140 e. The summed E-state index contributed by atoms with van der Waals surface area (Å²) in [6.07, 6.45) is 4.24. The van der Waals surface area contributed by atoms with Gasteiger partial charge < -0.3 is 5.11 Å². The van der Waals surface area contributed by atoms with Gasteiger partial charge in [-0.05, 0) is 27.4 Å². The maximum atomic E-state index is 9.09. The summed E-state index contributed by atoms with van der Waals surface area (Å²) < 4.78 is 0.983. The summed E-state index contributed by atoms with van der Waals surface area (Å²) in [7, 11) is 0. The maximum Gasteiger partial charge on any atom is 0.140 e. The Hall–Kier alpha value is -0.300. The number of thiophene rings is 1. The van der Waals surface area contributed by atoms with Gasteiger partial charge in [-0.25, -0.2) is 0 Å². The van der Waals surface area contributed by atoms with Crippen LogP contribution in [0.5, 0.6) is 0 Å². The molecule has 3 heteroatoms. The zero-order chi connectivity index (χ0) is 7.56. The van der Waals surface area contributed by atoms with Crippen molar-refractivity contribution in [1.82, 2.24) is 0 Å². The van der Waals surface area contributed by atoms with Crippen LogP contribution in [0.15, 0.2) is 15.2 Å². The van der Waals surface area contributed by atoms with Gasteiger partial charge in [-0.1, -0.05) is 5.92 Å². The van der Waals surface area contributed by atoms with Gasteiger partial charge in [0.2, 0.25) is 0 Å². The van der Waals surface area contributed by atoms with Gasteiger partial charge in [-0.15, -0.1) is 17.8 Å². The molecule has 0 aliphatic heterocycles. The molecule has 0 amide bonds. The number of rotatable bonds is 1. The van der Waals surface area contributed by atoms with Crippen molar-refractivity contribution >= 4 is 27.3 Å². The molecule has 1 atom stereocenters. The Morgan fingerprint density at radius 3 is 2.90 bits per heavy atom. The minimum absolute atomic E-state index is 0.762. The van der Waals surface area contributed by atoms with Crippen molar-refractivity contribution in [3.05, 3.63) is 20.8 Å². The third-order valence-corrected chi connectivity index (χ3v) is 2.58. The first-order valence-electron chi connectivity index (χ1n) is 2.62. The van der Waals surface area contributed by atoms with Crippen molar-refractivity contribution in [2.75, 3.05) is 0 Å². The van der Waals surface area contributed by atoms with Crippen LogP contribution < -0.4 is 0 Å². The standard InChI is InChI=1S/C7H5BrOS/c1-2-6(9)5-3-7(8)10-4-5/h1,3-4,6,9H. The fourth-order valence-corrected chi connectivity index (χ4v) is 1.76. The summed E-state index contributed by atoms with van der Waals surface area (Å²) in [5.74, 6) is 2.24. The van der Waals surface area contributed by atoms with Crippen LogP contribution >= 0.6 is 27.3 Å². The molecule has 10 heavy (non-hydrogen) atoms. The quantitative estimate of drug-likeness (QED) is 0.715. The highest BCUT2D eigenvalue weighted by Crippen LogP contribution is 2.24. The minimum Gasteiger partial charge on any atom is -0.376 e. The Bertz CT molecular complexity index is 261. The number of hydrogen-bond donors (Lipinski definition) is 1. The summed E-state index contributed by atoms with van der Waals surface area (Å²) in [4.78, 5) is 0. The number of aliphatic hydroxyl groups excluding tert-OH is 1. The van der Waals surface area contributed by atoms with Gasteiger partial charge in [0.15, 0.2) is 0 Å². The Morgan fingerprint density at radius 1 is 1.80 bits per heavy atom. The fourth-order valence-electron chi connectivity index (χ4n) is 0.563. The van der Waals surface area contributed by atoms with E-state index in [0.29, 0.717) is 0 Å². The number of halogens is 1. The van der Waals surface area contributed by atoms with Crippen molar-refractivity contribution in [3.8, 4) is 12.3 Å². The summed E-state index contributed by atoms with van der Waals surface area (Å²) in [6.45, 7) is 0. The summed E-state index contributed by atoms with van der Waals surface area (Å²) in [6, 6.07) is 1.81. The van der Waals surface area contributed by atoms with Crippen molar-refractivity contribution in [2.45, 2.75) is 6.10 Å². The number of terminal acetylenes is 1. The molecule has 1 rings (SSSR count). The Balaban J connectivity index is 2.87. The zero-order valence-electron chi connectivity index (χ0n) is 5.04. The summed E-state index contributed by atoms with van der Waals surface area (Å²) in [5, 5.41) is 10.9. The first kappa shape index (κ1) is 7.80. The maximum absolute atomic E-state index is 9.09. The van der Waals surface area contributed by atoms with Crippen LogP contribution in [-0.4, -0.2) is 5.11 Å². The second-order valence-corrected chi connectivity index (χ2v) is 4.04. The molecule has 0 radical (unpaired) electrons. The van der Waals surface area contributed by atoms with E-state index in [-0.39, 0.29) is 0 Å². The van der Waals surface area contributed by atoms with E-state index in [1.54, 1.807) is 0 Å². The molecule has 0 fully saturated rings. The Labute approximate surface area is 71.8 Å². The first-order valence-corrected chi connectivity index (χ1v) is 4.29. The van der Waals surface area contributed by atoms with E-state index in [4.69, 9.17) is 11.5 Å². The average Bonchev–Trinajstić information content (AvgIpc) is 2.34. The van der Waals surface area contributed by atoms with E-state index in [1.807, 2.05) is 11.4 Å². The predicted octanol–water partition coefficient (Wildman–Crippen LogP) is 2.18. The largest absolute Gasteiger partial charge is 0.376 e. The van der Waals surface area contributed by atoms with Crippen LogP contribution in [-0.2, 0) is 0 Å². The molecule has 1 nitrogen and oxygen atoms in total. The Kier molecular flexibility index (Phi) is 2.50. The molecule has 1 aromatic rings. The second-order valence-electron chi connectivity index (χ2n) is 1.75. The molecule has 1 aromatic heterocycles. The molecule has 52 valence electrons. The molecule has 0 aromatic carbocycles. The van der Waals surface area contributed by atoms with Crippen LogP contribution in [0.25, 0.3) is 0 Å². The summed E-state index contributed by atoms with van der Waals surface area (Å²) >= 11 is 4.78. The van der Waals surface area contributed by atoms with Crippen molar-refractivity contribution in [1.29, 1.82) is 0 Å². The van der Waals surface area contributed by atoms with E-state index in [9.17, 15) is 0 Å². The lowest BCUT2D eigenvalue weighted by atomic mass is 10.2. The average molecular weight is 217 g/mol. The van der Waals surface area contributed by atoms with Gasteiger partial charge in [-0.2, -0.15) is 0 Å². The van der Waals surface area contributed by atoms with Gasteiger partial charge in [-0.3, -0.25) is 0 Å². The van der Waals surface area contributed by atoms with E-state index in [0.717, 1.165) is 9.35 Å². The third kappa shape index (κ3) is 1.60. The van der Waals surface area contributed by atoms with Gasteiger partial charge in [0.05, 0.1) is 3.79 Å². The summed E-state index contributed by atoms with van der Waals surface area (Å²) in [5.41, 5.74) is 0.777. The van der Waals surface area contributed by atoms with E-state index in [2.05, 4.69) is 21.9 Å². The molecule has 1 unspecified atom stereocenters. The highest BCUT2D eigenvalue weighted by atomic mass is 79.9. The lowest BCUT2D eigenvalue weighted by Gasteiger charge is -1.95. The van der Waals surface area contributed by atoms with Crippen LogP contribution in [0.1, 0.15) is 11.7 Å². The van der Waals surface area contributed by atoms with Crippen LogP contribution in [0, 0.1) is 12.3 Å². The molecule has 0 bridgehead atoms. The fraction of sp³-hybridized carbons (Fsp3) is 0.143. The Morgan fingerprint density at radius 2 is 2.50 bits per heavy atom. The van der Waals surface area contributed by atoms with Crippen molar-refractivity contribution < 1.29 is 5.11 Å². The molecular formula is C7H5BrOS. The first-order chi connectivity index (χ1) is 4.74. The van der Waals surface area contributed by atoms with Crippen LogP contribution in [0.4, 0.5) is 0 Å². The predicted molar refractivity (Wildman–Crippen MR) is 45.8 cm³/mol. The van der Waals surface area contributed by atoms with Gasteiger partial charge in [0, 0.05) is 5.56 Å². The van der Waals surface area contributed by atoms with Gasteiger partial charge in [0.25, 0.3) is 0 Å². The molecule has 0 saturated carbocycles. The highest BCUT2D eigenvalue weighted by Gasteiger charge is 2.04. The third-order valence-electron chi connectivity index (χ3n) is 1.06. The number of hydrogen-bond acceptors (Lipinski definition) is 2. The molecular weight excluding hydrogens is 212 g/mol.